The van der Waals surface area contributed by atoms with Crippen LogP contribution in [-0.4, -0.2) is 38.0 Å². The van der Waals surface area contributed by atoms with Crippen molar-refractivity contribution in [1.82, 2.24) is 4.31 Å². The zero-order chi connectivity index (χ0) is 13.6. The van der Waals surface area contributed by atoms with Crippen LogP contribution in [0.2, 0.25) is 0 Å². The molecule has 0 saturated carbocycles. The number of hydrogen-bond acceptors (Lipinski definition) is 4. The third-order valence-electron chi connectivity index (χ3n) is 3.47. The molecule has 3 rings (SSSR count). The standard InChI is InChI=1S/C11H13BrClNO3S2/c12-11-10(3-9(4-13)18-11)19(15,16)14-5-7-1-2-8(6-14)17-7/h3,7-8H,1-2,4-6H2. The Morgan fingerprint density at radius 2 is 2.05 bits per heavy atom. The predicted molar refractivity (Wildman–Crippen MR) is 78.2 cm³/mol. The molecule has 2 unspecified atom stereocenters. The van der Waals surface area contributed by atoms with Crippen LogP contribution in [0.25, 0.3) is 0 Å². The van der Waals surface area contributed by atoms with E-state index in [9.17, 15) is 8.42 Å². The van der Waals surface area contributed by atoms with Crippen molar-refractivity contribution in [2.24, 2.45) is 0 Å². The van der Waals surface area contributed by atoms with E-state index in [2.05, 4.69) is 15.9 Å². The first-order chi connectivity index (χ1) is 9.00. The van der Waals surface area contributed by atoms with Gasteiger partial charge in [0, 0.05) is 18.0 Å². The summed E-state index contributed by atoms with van der Waals surface area (Å²) >= 11 is 10.5. The second-order valence-electron chi connectivity index (χ2n) is 4.76. The average Bonchev–Trinajstić information content (AvgIpc) is 2.92. The molecule has 2 fully saturated rings. The van der Waals surface area contributed by atoms with Crippen molar-refractivity contribution in [3.8, 4) is 0 Å². The van der Waals surface area contributed by atoms with Gasteiger partial charge in [-0.3, -0.25) is 0 Å². The van der Waals surface area contributed by atoms with E-state index in [0.717, 1.165) is 17.7 Å². The molecular weight excluding hydrogens is 374 g/mol. The second kappa shape index (κ2) is 5.27. The highest BCUT2D eigenvalue weighted by atomic mass is 79.9. The van der Waals surface area contributed by atoms with E-state index in [1.807, 2.05) is 0 Å². The summed E-state index contributed by atoms with van der Waals surface area (Å²) in [5.74, 6) is 0.327. The van der Waals surface area contributed by atoms with Gasteiger partial charge in [-0.15, -0.1) is 22.9 Å². The summed E-state index contributed by atoms with van der Waals surface area (Å²) in [6.45, 7) is 0.911. The van der Waals surface area contributed by atoms with Crippen molar-refractivity contribution < 1.29 is 13.2 Å². The Morgan fingerprint density at radius 3 is 2.58 bits per heavy atom. The maximum atomic E-state index is 12.7. The highest BCUT2D eigenvalue weighted by molar-refractivity contribution is 9.11. The highest BCUT2D eigenvalue weighted by Crippen LogP contribution is 2.36. The van der Waals surface area contributed by atoms with E-state index in [-0.39, 0.29) is 12.2 Å². The molecule has 0 N–H and O–H groups in total. The number of rotatable bonds is 3. The maximum absolute atomic E-state index is 12.7. The Kier molecular flexibility index (Phi) is 3.96. The zero-order valence-electron chi connectivity index (χ0n) is 10.0. The van der Waals surface area contributed by atoms with E-state index in [1.165, 1.54) is 11.3 Å². The molecule has 19 heavy (non-hydrogen) atoms. The van der Waals surface area contributed by atoms with Gasteiger partial charge in [0.15, 0.2) is 0 Å². The first-order valence-corrected chi connectivity index (χ1v) is 9.59. The molecule has 1 aromatic rings. The largest absolute Gasteiger partial charge is 0.372 e. The molecule has 0 spiro atoms. The fourth-order valence-electron chi connectivity index (χ4n) is 2.55. The number of nitrogens with zero attached hydrogens (tertiary/aromatic N) is 1. The molecule has 2 aliphatic rings. The number of alkyl halides is 1. The molecule has 4 nitrogen and oxygen atoms in total. The molecule has 0 amide bonds. The van der Waals surface area contributed by atoms with Crippen LogP contribution in [-0.2, 0) is 20.6 Å². The summed E-state index contributed by atoms with van der Waals surface area (Å²) in [4.78, 5) is 1.18. The van der Waals surface area contributed by atoms with Gasteiger partial charge in [0.2, 0.25) is 10.0 Å². The lowest BCUT2D eigenvalue weighted by Crippen LogP contribution is -2.45. The van der Waals surface area contributed by atoms with E-state index < -0.39 is 10.0 Å². The predicted octanol–water partition coefficient (Wildman–Crippen LogP) is 2.80. The Morgan fingerprint density at radius 1 is 1.42 bits per heavy atom. The van der Waals surface area contributed by atoms with Gasteiger partial charge in [0.05, 0.1) is 21.9 Å². The lowest BCUT2D eigenvalue weighted by Gasteiger charge is -2.31. The number of thiophene rings is 1. The molecule has 0 aromatic carbocycles. The van der Waals surface area contributed by atoms with E-state index in [4.69, 9.17) is 16.3 Å². The number of halogens is 2. The Bertz CT molecular complexity index is 577. The molecule has 8 heteroatoms. The fourth-order valence-corrected chi connectivity index (χ4v) is 6.78. The van der Waals surface area contributed by atoms with Crippen LogP contribution < -0.4 is 0 Å². The van der Waals surface area contributed by atoms with Gasteiger partial charge in [-0.25, -0.2) is 8.42 Å². The van der Waals surface area contributed by atoms with Crippen LogP contribution in [0.5, 0.6) is 0 Å². The fraction of sp³-hybridized carbons (Fsp3) is 0.636. The summed E-state index contributed by atoms with van der Waals surface area (Å²) in [6.07, 6.45) is 2.01. The van der Waals surface area contributed by atoms with Gasteiger partial charge in [-0.05, 0) is 34.8 Å². The summed E-state index contributed by atoms with van der Waals surface area (Å²) in [5, 5.41) is 0. The van der Waals surface area contributed by atoms with Crippen molar-refractivity contribution in [2.45, 2.75) is 35.8 Å². The van der Waals surface area contributed by atoms with Crippen LogP contribution in [0.15, 0.2) is 14.7 Å². The minimum Gasteiger partial charge on any atom is -0.372 e. The molecule has 1 aromatic heterocycles. The minimum atomic E-state index is -3.45. The molecular formula is C11H13BrClNO3S2. The number of ether oxygens (including phenoxy) is 1. The number of hydrogen-bond donors (Lipinski definition) is 0. The van der Waals surface area contributed by atoms with Crippen molar-refractivity contribution in [2.75, 3.05) is 13.1 Å². The maximum Gasteiger partial charge on any atom is 0.245 e. The molecule has 106 valence electrons. The summed E-state index contributed by atoms with van der Waals surface area (Å²) in [5.41, 5.74) is 0. The van der Waals surface area contributed by atoms with Crippen molar-refractivity contribution in [3.63, 3.8) is 0 Å². The number of fused-ring (bicyclic) bond motifs is 2. The highest BCUT2D eigenvalue weighted by Gasteiger charge is 2.40. The Balaban J connectivity index is 1.91. The van der Waals surface area contributed by atoms with Crippen LogP contribution in [0, 0.1) is 0 Å². The van der Waals surface area contributed by atoms with E-state index in [1.54, 1.807) is 10.4 Å². The van der Waals surface area contributed by atoms with Crippen LogP contribution >= 0.6 is 38.9 Å². The molecule has 0 aliphatic carbocycles. The van der Waals surface area contributed by atoms with Crippen LogP contribution in [0.3, 0.4) is 0 Å². The van der Waals surface area contributed by atoms with Gasteiger partial charge >= 0.3 is 0 Å². The molecule has 2 bridgehead atoms. The average molecular weight is 387 g/mol. The van der Waals surface area contributed by atoms with Gasteiger partial charge in [-0.2, -0.15) is 4.31 Å². The molecule has 2 saturated heterocycles. The molecule has 0 radical (unpaired) electrons. The molecule has 2 atom stereocenters. The number of morpholine rings is 1. The van der Waals surface area contributed by atoms with Gasteiger partial charge in [-0.1, -0.05) is 0 Å². The SMILES string of the molecule is O=S(=O)(c1cc(CCl)sc1Br)N1CC2CCC(C1)O2. The first-order valence-electron chi connectivity index (χ1n) is 6.00. The van der Waals surface area contributed by atoms with Crippen molar-refractivity contribution >= 4 is 48.9 Å². The summed E-state index contributed by atoms with van der Waals surface area (Å²) in [6, 6.07) is 1.66. The third kappa shape index (κ3) is 2.61. The van der Waals surface area contributed by atoms with Gasteiger partial charge < -0.3 is 4.74 Å². The lowest BCUT2D eigenvalue weighted by atomic mass is 10.2. The van der Waals surface area contributed by atoms with Crippen molar-refractivity contribution in [1.29, 1.82) is 0 Å². The quantitative estimate of drug-likeness (QED) is 0.751. The van der Waals surface area contributed by atoms with Crippen LogP contribution in [0.1, 0.15) is 17.7 Å². The lowest BCUT2D eigenvalue weighted by molar-refractivity contribution is -0.0114. The first kappa shape index (κ1) is 14.3. The third-order valence-corrected chi connectivity index (χ3v) is 8.00. The van der Waals surface area contributed by atoms with E-state index >= 15 is 0 Å². The Labute approximate surface area is 129 Å². The summed E-state index contributed by atoms with van der Waals surface area (Å²) < 4.78 is 33.2. The molecule has 2 aliphatic heterocycles. The Hall–Kier alpha value is 0.340. The second-order valence-corrected chi connectivity index (χ2v) is 9.39. The smallest absolute Gasteiger partial charge is 0.245 e. The summed E-state index contributed by atoms with van der Waals surface area (Å²) in [7, 11) is -3.45. The van der Waals surface area contributed by atoms with Crippen molar-refractivity contribution in [3.05, 3.63) is 14.7 Å². The zero-order valence-corrected chi connectivity index (χ0v) is 14.0. The minimum absolute atomic E-state index is 0.0541. The van der Waals surface area contributed by atoms with Gasteiger partial charge in [0.1, 0.15) is 4.90 Å². The van der Waals surface area contributed by atoms with Gasteiger partial charge in [0.25, 0.3) is 0 Å². The van der Waals surface area contributed by atoms with Crippen LogP contribution in [0.4, 0.5) is 0 Å². The topological polar surface area (TPSA) is 46.6 Å². The normalized spacial score (nSPS) is 27.9. The monoisotopic (exact) mass is 385 g/mol. The molecule has 3 heterocycles. The van der Waals surface area contributed by atoms with E-state index in [0.29, 0.717) is 27.7 Å². The number of sulfonamides is 1.